The number of benzene rings is 1. The van der Waals surface area contributed by atoms with E-state index in [2.05, 4.69) is 0 Å². The molecule has 0 unspecified atom stereocenters. The summed E-state index contributed by atoms with van der Waals surface area (Å²) in [6.07, 6.45) is 0.607. The van der Waals surface area contributed by atoms with E-state index in [-0.39, 0.29) is 22.5 Å². The summed E-state index contributed by atoms with van der Waals surface area (Å²) in [5.74, 6) is 0.108. The van der Waals surface area contributed by atoms with Crippen molar-refractivity contribution in [1.29, 1.82) is 5.26 Å². The monoisotopic (exact) mass is 217 g/mol. The Kier molecular flexibility index (Phi) is 3.78. The van der Waals surface area contributed by atoms with Crippen molar-refractivity contribution < 1.29 is 14.3 Å². The van der Waals surface area contributed by atoms with Gasteiger partial charge in [-0.3, -0.25) is 9.59 Å². The molecule has 0 aliphatic rings. The fourth-order valence-electron chi connectivity index (χ4n) is 1.35. The predicted molar refractivity (Wildman–Crippen MR) is 57.7 cm³/mol. The van der Waals surface area contributed by atoms with Crippen LogP contribution in [0.5, 0.6) is 5.75 Å². The molecule has 1 rings (SSSR count). The van der Waals surface area contributed by atoms with Gasteiger partial charge in [0.25, 0.3) is 0 Å². The molecule has 1 aromatic rings. The molecule has 82 valence electrons. The van der Waals surface area contributed by atoms with Crippen molar-refractivity contribution in [2.24, 2.45) is 0 Å². The molecule has 0 bridgehead atoms. The minimum absolute atomic E-state index is 0.193. The van der Waals surface area contributed by atoms with Crippen LogP contribution in [0.2, 0.25) is 0 Å². The third-order valence-electron chi connectivity index (χ3n) is 2.08. The van der Waals surface area contributed by atoms with Crippen LogP contribution in [0.3, 0.4) is 0 Å². The lowest BCUT2D eigenvalue weighted by atomic mass is 10.0. The molecule has 0 radical (unpaired) electrons. The Balaban J connectivity index is 3.41. The molecule has 0 saturated heterocycles. The maximum atomic E-state index is 11.3. The number of ether oxygens (including phenoxy) is 1. The van der Waals surface area contributed by atoms with Gasteiger partial charge >= 0.3 is 0 Å². The third-order valence-corrected chi connectivity index (χ3v) is 2.08. The van der Waals surface area contributed by atoms with E-state index in [1.54, 1.807) is 6.92 Å². The lowest BCUT2D eigenvalue weighted by Crippen LogP contribution is -2.02. The van der Waals surface area contributed by atoms with Gasteiger partial charge in [0.1, 0.15) is 5.75 Å². The molecular formula is C12H11NO3. The van der Waals surface area contributed by atoms with Crippen LogP contribution < -0.4 is 4.74 Å². The van der Waals surface area contributed by atoms with Gasteiger partial charge in [0.15, 0.2) is 12.1 Å². The van der Waals surface area contributed by atoms with Crippen LogP contribution in [0.25, 0.3) is 0 Å². The van der Waals surface area contributed by atoms with Crippen LogP contribution >= 0.6 is 0 Å². The number of nitriles is 1. The Morgan fingerprint density at radius 2 is 2.25 bits per heavy atom. The van der Waals surface area contributed by atoms with Crippen LogP contribution in [-0.2, 0) is 0 Å². The number of aldehydes is 1. The lowest BCUT2D eigenvalue weighted by Gasteiger charge is -2.08. The van der Waals surface area contributed by atoms with E-state index in [1.165, 1.54) is 19.1 Å². The van der Waals surface area contributed by atoms with E-state index in [0.29, 0.717) is 18.6 Å². The summed E-state index contributed by atoms with van der Waals surface area (Å²) in [4.78, 5) is 22.1. The Morgan fingerprint density at radius 1 is 1.56 bits per heavy atom. The van der Waals surface area contributed by atoms with Crippen LogP contribution in [0.1, 0.15) is 40.1 Å². The van der Waals surface area contributed by atoms with Crippen molar-refractivity contribution in [2.45, 2.75) is 13.8 Å². The SMILES string of the molecule is CCOc1cc(C(C)=O)c(C#N)cc1C=O. The minimum Gasteiger partial charge on any atom is -0.493 e. The van der Waals surface area contributed by atoms with Crippen molar-refractivity contribution in [3.8, 4) is 11.8 Å². The van der Waals surface area contributed by atoms with Gasteiger partial charge in [-0.1, -0.05) is 0 Å². The Labute approximate surface area is 93.5 Å². The second-order valence-corrected chi connectivity index (χ2v) is 3.15. The second-order valence-electron chi connectivity index (χ2n) is 3.15. The van der Waals surface area contributed by atoms with Gasteiger partial charge in [-0.05, 0) is 26.0 Å². The topological polar surface area (TPSA) is 67.2 Å². The Bertz CT molecular complexity index is 472. The normalized spacial score (nSPS) is 9.31. The molecule has 0 N–H and O–H groups in total. The number of nitrogens with zero attached hydrogens (tertiary/aromatic N) is 1. The van der Waals surface area contributed by atoms with Crippen LogP contribution in [-0.4, -0.2) is 18.7 Å². The van der Waals surface area contributed by atoms with Gasteiger partial charge in [0.2, 0.25) is 0 Å². The molecule has 4 nitrogen and oxygen atoms in total. The summed E-state index contributed by atoms with van der Waals surface area (Å²) in [5, 5.41) is 8.85. The zero-order chi connectivity index (χ0) is 12.1. The average molecular weight is 217 g/mol. The number of carbonyl (C=O) groups excluding carboxylic acids is 2. The number of hydrogen-bond donors (Lipinski definition) is 0. The van der Waals surface area contributed by atoms with Crippen LogP contribution in [0, 0.1) is 11.3 Å². The molecule has 0 aromatic heterocycles. The van der Waals surface area contributed by atoms with Crippen LogP contribution in [0.4, 0.5) is 0 Å². The summed E-state index contributed by atoms with van der Waals surface area (Å²) in [6, 6.07) is 4.69. The average Bonchev–Trinajstić information content (AvgIpc) is 2.28. The van der Waals surface area contributed by atoms with Gasteiger partial charge in [-0.2, -0.15) is 5.26 Å². The summed E-state index contributed by atoms with van der Waals surface area (Å²) >= 11 is 0. The van der Waals surface area contributed by atoms with Gasteiger partial charge in [0, 0.05) is 5.56 Å². The molecule has 1 aromatic carbocycles. The number of ketones is 1. The van der Waals surface area contributed by atoms with Crippen molar-refractivity contribution in [2.75, 3.05) is 6.61 Å². The van der Waals surface area contributed by atoms with Crippen molar-refractivity contribution >= 4 is 12.1 Å². The molecular weight excluding hydrogens is 206 g/mol. The van der Waals surface area contributed by atoms with Gasteiger partial charge in [-0.15, -0.1) is 0 Å². The first kappa shape index (κ1) is 11.9. The van der Waals surface area contributed by atoms with Gasteiger partial charge in [0.05, 0.1) is 23.8 Å². The highest BCUT2D eigenvalue weighted by Crippen LogP contribution is 2.22. The van der Waals surface area contributed by atoms with E-state index >= 15 is 0 Å². The number of hydrogen-bond acceptors (Lipinski definition) is 4. The smallest absolute Gasteiger partial charge is 0.161 e. The molecule has 0 amide bonds. The summed E-state index contributed by atoms with van der Waals surface area (Å²) in [7, 11) is 0. The predicted octanol–water partition coefficient (Wildman–Crippen LogP) is 1.97. The van der Waals surface area contributed by atoms with Crippen LogP contribution in [0.15, 0.2) is 12.1 Å². The van der Waals surface area contributed by atoms with E-state index in [9.17, 15) is 9.59 Å². The Hall–Kier alpha value is -2.15. The molecule has 0 fully saturated rings. The summed E-state index contributed by atoms with van der Waals surface area (Å²) in [5.41, 5.74) is 0.748. The van der Waals surface area contributed by atoms with Gasteiger partial charge in [-0.25, -0.2) is 0 Å². The third kappa shape index (κ3) is 2.26. The lowest BCUT2D eigenvalue weighted by molar-refractivity contribution is 0.101. The van der Waals surface area contributed by atoms with E-state index in [4.69, 9.17) is 10.00 Å². The van der Waals surface area contributed by atoms with Gasteiger partial charge < -0.3 is 4.74 Å². The molecule has 0 heterocycles. The fourth-order valence-corrected chi connectivity index (χ4v) is 1.35. The quantitative estimate of drug-likeness (QED) is 0.571. The molecule has 16 heavy (non-hydrogen) atoms. The number of carbonyl (C=O) groups is 2. The summed E-state index contributed by atoms with van der Waals surface area (Å²) < 4.78 is 5.23. The molecule has 4 heteroatoms. The van der Waals surface area contributed by atoms with E-state index < -0.39 is 0 Å². The second kappa shape index (κ2) is 5.08. The maximum Gasteiger partial charge on any atom is 0.161 e. The molecule has 0 saturated carbocycles. The highest BCUT2D eigenvalue weighted by atomic mass is 16.5. The van der Waals surface area contributed by atoms with E-state index in [1.807, 2.05) is 6.07 Å². The fraction of sp³-hybridized carbons (Fsp3) is 0.250. The van der Waals surface area contributed by atoms with Crippen molar-refractivity contribution in [1.82, 2.24) is 0 Å². The maximum absolute atomic E-state index is 11.3. The summed E-state index contributed by atoms with van der Waals surface area (Å²) in [6.45, 7) is 3.54. The zero-order valence-corrected chi connectivity index (χ0v) is 9.11. The molecule has 0 aliphatic heterocycles. The highest BCUT2D eigenvalue weighted by molar-refractivity contribution is 5.98. The van der Waals surface area contributed by atoms with E-state index in [0.717, 1.165) is 0 Å². The zero-order valence-electron chi connectivity index (χ0n) is 9.11. The molecule has 0 atom stereocenters. The molecule has 0 spiro atoms. The first-order chi connectivity index (χ1) is 7.63. The van der Waals surface area contributed by atoms with Crippen molar-refractivity contribution in [3.63, 3.8) is 0 Å². The standard InChI is InChI=1S/C12H11NO3/c1-3-16-12-5-11(8(2)15)9(6-13)4-10(12)7-14/h4-5,7H,3H2,1-2H3. The number of rotatable bonds is 4. The Morgan fingerprint density at radius 3 is 2.69 bits per heavy atom. The first-order valence-corrected chi connectivity index (χ1v) is 4.81. The van der Waals surface area contributed by atoms with Crippen molar-refractivity contribution in [3.05, 3.63) is 28.8 Å². The highest BCUT2D eigenvalue weighted by Gasteiger charge is 2.13. The largest absolute Gasteiger partial charge is 0.493 e. The number of Topliss-reactive ketones (excluding diaryl/α,β-unsaturated/α-hetero) is 1. The first-order valence-electron chi connectivity index (χ1n) is 4.81. The molecule has 0 aliphatic carbocycles. The minimum atomic E-state index is -0.227.